The fourth-order valence-corrected chi connectivity index (χ4v) is 3.65. The number of nitrogens with one attached hydrogen (secondary N) is 1. The normalized spacial score (nSPS) is 14.5. The molecule has 5 heteroatoms. The zero-order valence-electron chi connectivity index (χ0n) is 15.7. The molecule has 25 heavy (non-hydrogen) atoms. The molecule has 0 aliphatic heterocycles. The van der Waals surface area contributed by atoms with Gasteiger partial charge >= 0.3 is 0 Å². The molecular weight excluding hydrogens is 332 g/mol. The van der Waals surface area contributed by atoms with Crippen LogP contribution in [0, 0.1) is 0 Å². The van der Waals surface area contributed by atoms with Gasteiger partial charge in [-0.3, -0.25) is 0 Å². The lowest BCUT2D eigenvalue weighted by atomic mass is 10.0. The van der Waals surface area contributed by atoms with Gasteiger partial charge in [-0.05, 0) is 49.1 Å². The molecule has 2 aromatic carbocycles. The van der Waals surface area contributed by atoms with E-state index in [-0.39, 0.29) is 12.1 Å². The van der Waals surface area contributed by atoms with Gasteiger partial charge in [0.25, 0.3) is 0 Å². The van der Waals surface area contributed by atoms with Crippen LogP contribution in [-0.4, -0.2) is 26.8 Å². The topological polar surface area (TPSA) is 49.4 Å². The monoisotopic (exact) mass is 360 g/mol. The van der Waals surface area contributed by atoms with E-state index in [1.165, 1.54) is 15.4 Å². The minimum Gasteiger partial charge on any atom is -0.304 e. The maximum Gasteiger partial charge on any atom is 0.242 e. The second kappa shape index (κ2) is 8.13. The maximum atomic E-state index is 12.1. The fraction of sp³-hybridized carbons (Fsp3) is 0.400. The molecule has 0 saturated carbocycles. The second-order valence-corrected chi connectivity index (χ2v) is 8.71. The third kappa shape index (κ3) is 4.69. The summed E-state index contributed by atoms with van der Waals surface area (Å²) in [6, 6.07) is 16.1. The minimum absolute atomic E-state index is 0.122. The number of rotatable bonds is 7. The van der Waals surface area contributed by atoms with Gasteiger partial charge < -0.3 is 5.32 Å². The average Bonchev–Trinajstić information content (AvgIpc) is 2.61. The Labute approximate surface area is 151 Å². The fourth-order valence-electron chi connectivity index (χ4n) is 2.75. The Morgan fingerprint density at radius 3 is 1.72 bits per heavy atom. The standard InChI is InChI=1S/C20H28N2O2S/c1-6-17-7-9-18(10-8-17)15(2)21-16(3)19-11-13-20(14-12-19)25(23,24)22(4)5/h7-16,21H,6H2,1-5H3/t15-,16-/m0/s1. The van der Waals surface area contributed by atoms with Gasteiger partial charge in [-0.15, -0.1) is 0 Å². The van der Waals surface area contributed by atoms with E-state index in [4.69, 9.17) is 0 Å². The third-order valence-electron chi connectivity index (χ3n) is 4.55. The van der Waals surface area contributed by atoms with Crippen molar-refractivity contribution in [1.29, 1.82) is 0 Å². The number of sulfonamides is 1. The molecule has 0 aliphatic carbocycles. The van der Waals surface area contributed by atoms with Crippen molar-refractivity contribution in [3.8, 4) is 0 Å². The zero-order chi connectivity index (χ0) is 18.6. The van der Waals surface area contributed by atoms with Crippen molar-refractivity contribution in [2.45, 2.75) is 44.2 Å². The molecule has 0 amide bonds. The van der Waals surface area contributed by atoms with Crippen molar-refractivity contribution in [3.63, 3.8) is 0 Å². The quantitative estimate of drug-likeness (QED) is 0.814. The van der Waals surface area contributed by atoms with Gasteiger partial charge in [0.05, 0.1) is 4.90 Å². The number of hydrogen-bond acceptors (Lipinski definition) is 3. The lowest BCUT2D eigenvalue weighted by Crippen LogP contribution is -2.23. The average molecular weight is 361 g/mol. The van der Waals surface area contributed by atoms with Crippen LogP contribution >= 0.6 is 0 Å². The Bertz CT molecular complexity index is 781. The van der Waals surface area contributed by atoms with Crippen molar-refractivity contribution in [1.82, 2.24) is 9.62 Å². The van der Waals surface area contributed by atoms with Gasteiger partial charge in [0.2, 0.25) is 10.0 Å². The molecule has 2 atom stereocenters. The summed E-state index contributed by atoms with van der Waals surface area (Å²) in [5.74, 6) is 0. The summed E-state index contributed by atoms with van der Waals surface area (Å²) in [7, 11) is -0.298. The first-order valence-corrected chi connectivity index (χ1v) is 10.1. The SMILES string of the molecule is CCc1ccc([C@H](C)N[C@@H](C)c2ccc(S(=O)(=O)N(C)C)cc2)cc1. The van der Waals surface area contributed by atoms with E-state index in [1.54, 1.807) is 26.2 Å². The van der Waals surface area contributed by atoms with Crippen molar-refractivity contribution < 1.29 is 8.42 Å². The zero-order valence-corrected chi connectivity index (χ0v) is 16.5. The van der Waals surface area contributed by atoms with Gasteiger partial charge in [-0.1, -0.05) is 43.3 Å². The molecular formula is C20H28N2O2S. The predicted octanol–water partition coefficient (Wildman–Crippen LogP) is 3.91. The molecule has 0 aliphatic rings. The Kier molecular flexibility index (Phi) is 6.38. The molecule has 0 fully saturated rings. The van der Waals surface area contributed by atoms with Crippen LogP contribution in [0.25, 0.3) is 0 Å². The van der Waals surface area contributed by atoms with Crippen LogP contribution in [0.3, 0.4) is 0 Å². The largest absolute Gasteiger partial charge is 0.304 e. The maximum absolute atomic E-state index is 12.1. The van der Waals surface area contributed by atoms with E-state index >= 15 is 0 Å². The first-order valence-electron chi connectivity index (χ1n) is 8.63. The summed E-state index contributed by atoms with van der Waals surface area (Å²) in [5.41, 5.74) is 3.65. The van der Waals surface area contributed by atoms with E-state index < -0.39 is 10.0 Å². The van der Waals surface area contributed by atoms with E-state index in [1.807, 2.05) is 12.1 Å². The van der Waals surface area contributed by atoms with Gasteiger partial charge in [0.15, 0.2) is 0 Å². The second-order valence-electron chi connectivity index (χ2n) is 6.56. The minimum atomic E-state index is -3.38. The molecule has 0 aromatic heterocycles. The highest BCUT2D eigenvalue weighted by Crippen LogP contribution is 2.22. The number of aryl methyl sites for hydroxylation is 1. The molecule has 2 rings (SSSR count). The molecule has 0 bridgehead atoms. The first kappa shape index (κ1) is 19.6. The molecule has 0 saturated heterocycles. The van der Waals surface area contributed by atoms with Crippen LogP contribution in [0.4, 0.5) is 0 Å². The van der Waals surface area contributed by atoms with Gasteiger partial charge in [-0.25, -0.2) is 12.7 Å². The molecule has 1 N–H and O–H groups in total. The van der Waals surface area contributed by atoms with Gasteiger partial charge in [-0.2, -0.15) is 0 Å². The molecule has 0 radical (unpaired) electrons. The van der Waals surface area contributed by atoms with Crippen LogP contribution in [0.2, 0.25) is 0 Å². The first-order chi connectivity index (χ1) is 11.8. The van der Waals surface area contributed by atoms with Crippen molar-refractivity contribution in [2.75, 3.05) is 14.1 Å². The van der Waals surface area contributed by atoms with Gasteiger partial charge in [0, 0.05) is 26.2 Å². The Hall–Kier alpha value is -1.69. The highest BCUT2D eigenvalue weighted by atomic mass is 32.2. The van der Waals surface area contributed by atoms with Crippen molar-refractivity contribution in [2.24, 2.45) is 0 Å². The highest BCUT2D eigenvalue weighted by molar-refractivity contribution is 7.89. The van der Waals surface area contributed by atoms with Gasteiger partial charge in [0.1, 0.15) is 0 Å². The number of nitrogens with zero attached hydrogens (tertiary/aromatic N) is 1. The number of hydrogen-bond donors (Lipinski definition) is 1. The van der Waals surface area contributed by atoms with E-state index in [0.29, 0.717) is 4.90 Å². The molecule has 136 valence electrons. The summed E-state index contributed by atoms with van der Waals surface area (Å²) in [6.07, 6.45) is 1.04. The summed E-state index contributed by atoms with van der Waals surface area (Å²) in [4.78, 5) is 0.316. The summed E-state index contributed by atoms with van der Waals surface area (Å²) >= 11 is 0. The van der Waals surface area contributed by atoms with Crippen molar-refractivity contribution >= 4 is 10.0 Å². The van der Waals surface area contributed by atoms with E-state index in [0.717, 1.165) is 12.0 Å². The van der Waals surface area contributed by atoms with Crippen LogP contribution in [0.1, 0.15) is 49.5 Å². The van der Waals surface area contributed by atoms with E-state index in [9.17, 15) is 8.42 Å². The molecule has 2 aromatic rings. The molecule has 4 nitrogen and oxygen atoms in total. The van der Waals surface area contributed by atoms with Crippen molar-refractivity contribution in [3.05, 3.63) is 65.2 Å². The highest BCUT2D eigenvalue weighted by Gasteiger charge is 2.18. The summed E-state index contributed by atoms with van der Waals surface area (Å²) < 4.78 is 25.5. The van der Waals surface area contributed by atoms with Crippen LogP contribution in [0.15, 0.2) is 53.4 Å². The number of benzene rings is 2. The van der Waals surface area contributed by atoms with Crippen LogP contribution in [0.5, 0.6) is 0 Å². The molecule has 0 spiro atoms. The lowest BCUT2D eigenvalue weighted by Gasteiger charge is -2.21. The molecule has 0 heterocycles. The third-order valence-corrected chi connectivity index (χ3v) is 6.38. The Morgan fingerprint density at radius 1 is 0.880 bits per heavy atom. The Morgan fingerprint density at radius 2 is 1.32 bits per heavy atom. The van der Waals surface area contributed by atoms with E-state index in [2.05, 4.69) is 50.4 Å². The lowest BCUT2D eigenvalue weighted by molar-refractivity contribution is 0.494. The van der Waals surface area contributed by atoms with Crippen LogP contribution < -0.4 is 5.32 Å². The predicted molar refractivity (Wildman–Crippen MR) is 103 cm³/mol. The Balaban J connectivity index is 2.08. The van der Waals surface area contributed by atoms with Crippen LogP contribution in [-0.2, 0) is 16.4 Å². The molecule has 0 unspecified atom stereocenters. The summed E-state index contributed by atoms with van der Waals surface area (Å²) in [6.45, 7) is 6.38. The smallest absolute Gasteiger partial charge is 0.242 e. The summed E-state index contributed by atoms with van der Waals surface area (Å²) in [5, 5.41) is 3.57.